The molecule has 0 amide bonds. The maximum atomic E-state index is 17.2. The number of aliphatic hydroxyl groups excluding tert-OH is 3. The van der Waals surface area contributed by atoms with Crippen LogP contribution in [0.2, 0.25) is 0 Å². The van der Waals surface area contributed by atoms with Crippen LogP contribution in [0, 0.1) is 5.41 Å². The Bertz CT molecular complexity index is 1650. The molecule has 2 aliphatic carbocycles. The minimum atomic E-state index is -4.61. The number of rotatable bonds is 9. The Balaban J connectivity index is 1.38. The third-order valence-electron chi connectivity index (χ3n) is 10.5. The van der Waals surface area contributed by atoms with Gasteiger partial charge in [-0.1, -0.05) is 26.0 Å². The Morgan fingerprint density at radius 1 is 0.961 bits per heavy atom. The predicted octanol–water partition coefficient (Wildman–Crippen LogP) is 7.36. The van der Waals surface area contributed by atoms with Gasteiger partial charge in [-0.25, -0.2) is 23.1 Å². The van der Waals surface area contributed by atoms with Gasteiger partial charge in [-0.3, -0.25) is 4.98 Å². The standard InChI is InChI=1S/C37H44F6N4O4/c1-35(2)15-27-30(28(50)16-35)29(21-7-11-36(39,40)12-8-21)31(32(38)22-3-5-24(6-4-22)37(41,42)43)33(46-27)23-9-13-47(14-10-23)34-44-17-26(18-45-34)51-20-25(49)19-48/h3-6,17-18,21,23,25,28,32,48-50H,7-16,19-20H2,1-2H3/t25-,28-,32?/m0/s1. The molecule has 3 aliphatic rings. The van der Waals surface area contributed by atoms with Crippen LogP contribution < -0.4 is 9.64 Å². The average molecular weight is 723 g/mol. The summed E-state index contributed by atoms with van der Waals surface area (Å²) in [5.41, 5.74) is 1.01. The third kappa shape index (κ3) is 8.28. The van der Waals surface area contributed by atoms with Gasteiger partial charge in [-0.2, -0.15) is 13.2 Å². The van der Waals surface area contributed by atoms with Gasteiger partial charge in [0.2, 0.25) is 11.9 Å². The summed E-state index contributed by atoms with van der Waals surface area (Å²) in [6, 6.07) is 3.92. The van der Waals surface area contributed by atoms with Gasteiger partial charge >= 0.3 is 6.18 Å². The fourth-order valence-corrected chi connectivity index (χ4v) is 7.86. The molecule has 2 aromatic heterocycles. The van der Waals surface area contributed by atoms with Crippen LogP contribution in [0.4, 0.5) is 32.3 Å². The number of pyridine rings is 1. The number of benzene rings is 1. The zero-order valence-electron chi connectivity index (χ0n) is 28.6. The summed E-state index contributed by atoms with van der Waals surface area (Å²) in [5.74, 6) is -2.85. The van der Waals surface area contributed by atoms with Crippen LogP contribution in [0.25, 0.3) is 0 Å². The molecular weight excluding hydrogens is 678 g/mol. The van der Waals surface area contributed by atoms with Crippen LogP contribution in [0.15, 0.2) is 36.7 Å². The number of nitrogens with zero attached hydrogens (tertiary/aromatic N) is 4. The summed E-state index contributed by atoms with van der Waals surface area (Å²) in [6.45, 7) is 4.41. The van der Waals surface area contributed by atoms with E-state index >= 15 is 4.39 Å². The number of halogens is 6. The number of alkyl halides is 6. The third-order valence-corrected chi connectivity index (χ3v) is 10.5. The van der Waals surface area contributed by atoms with Crippen molar-refractivity contribution < 1.29 is 46.4 Å². The van der Waals surface area contributed by atoms with Crippen molar-refractivity contribution in [1.82, 2.24) is 15.0 Å². The molecule has 1 unspecified atom stereocenters. The van der Waals surface area contributed by atoms with Crippen LogP contribution in [-0.4, -0.2) is 68.6 Å². The van der Waals surface area contributed by atoms with Crippen molar-refractivity contribution in [1.29, 1.82) is 0 Å². The molecule has 8 nitrogen and oxygen atoms in total. The number of hydrogen-bond acceptors (Lipinski definition) is 8. The second kappa shape index (κ2) is 14.5. The number of anilines is 1. The molecule has 14 heteroatoms. The van der Waals surface area contributed by atoms with Gasteiger partial charge in [0.1, 0.15) is 12.7 Å². The average Bonchev–Trinajstić information content (AvgIpc) is 3.09. The highest BCUT2D eigenvalue weighted by molar-refractivity contribution is 5.51. The molecule has 2 fully saturated rings. The smallest absolute Gasteiger partial charge is 0.416 e. The fourth-order valence-electron chi connectivity index (χ4n) is 7.86. The van der Waals surface area contributed by atoms with E-state index in [0.717, 1.165) is 24.3 Å². The van der Waals surface area contributed by atoms with Crippen molar-refractivity contribution in [2.45, 2.75) is 108 Å². The molecule has 1 aromatic carbocycles. The van der Waals surface area contributed by atoms with Crippen LogP contribution in [0.3, 0.4) is 0 Å². The summed E-state index contributed by atoms with van der Waals surface area (Å²) in [7, 11) is 0. The van der Waals surface area contributed by atoms with Gasteiger partial charge in [0.05, 0.1) is 36.4 Å². The number of aliphatic hydroxyl groups is 3. The molecule has 1 saturated carbocycles. The first-order valence-electron chi connectivity index (χ1n) is 17.5. The molecule has 3 aromatic rings. The minimum absolute atomic E-state index is 0.00123. The maximum absolute atomic E-state index is 17.2. The van der Waals surface area contributed by atoms with E-state index < -0.39 is 48.6 Å². The van der Waals surface area contributed by atoms with Gasteiger partial charge in [-0.15, -0.1) is 0 Å². The highest BCUT2D eigenvalue weighted by atomic mass is 19.4. The molecule has 1 saturated heterocycles. The number of aromatic nitrogens is 3. The fraction of sp³-hybridized carbons (Fsp3) is 0.595. The predicted molar refractivity (Wildman–Crippen MR) is 177 cm³/mol. The quantitative estimate of drug-likeness (QED) is 0.197. The van der Waals surface area contributed by atoms with Crippen LogP contribution >= 0.6 is 0 Å². The lowest BCUT2D eigenvalue weighted by Gasteiger charge is -2.41. The Labute approximate surface area is 292 Å². The van der Waals surface area contributed by atoms with Crippen molar-refractivity contribution in [2.24, 2.45) is 5.41 Å². The second-order valence-corrected chi connectivity index (χ2v) is 15.0. The van der Waals surface area contributed by atoms with E-state index in [1.165, 1.54) is 12.4 Å². The molecule has 1 aliphatic heterocycles. The highest BCUT2D eigenvalue weighted by Crippen LogP contribution is 2.52. The zero-order chi connectivity index (χ0) is 36.7. The van der Waals surface area contributed by atoms with Crippen LogP contribution in [0.1, 0.15) is 122 Å². The lowest BCUT2D eigenvalue weighted by atomic mass is 9.68. The highest BCUT2D eigenvalue weighted by Gasteiger charge is 2.44. The van der Waals surface area contributed by atoms with Crippen LogP contribution in [-0.2, 0) is 12.6 Å². The molecule has 3 heterocycles. The maximum Gasteiger partial charge on any atom is 0.416 e. The second-order valence-electron chi connectivity index (χ2n) is 15.0. The topological polar surface area (TPSA) is 112 Å². The Morgan fingerprint density at radius 3 is 2.18 bits per heavy atom. The van der Waals surface area contributed by atoms with Crippen molar-refractivity contribution in [3.8, 4) is 5.75 Å². The first-order chi connectivity index (χ1) is 24.0. The lowest BCUT2D eigenvalue weighted by molar-refractivity contribution is -0.137. The van der Waals surface area contributed by atoms with Crippen molar-refractivity contribution in [3.05, 3.63) is 75.9 Å². The molecule has 278 valence electrons. The lowest BCUT2D eigenvalue weighted by Crippen LogP contribution is -2.36. The van der Waals surface area contributed by atoms with E-state index in [2.05, 4.69) is 9.97 Å². The van der Waals surface area contributed by atoms with E-state index in [1.54, 1.807) is 0 Å². The Kier molecular flexibility index (Phi) is 10.6. The summed E-state index contributed by atoms with van der Waals surface area (Å²) in [4.78, 5) is 15.8. The van der Waals surface area contributed by atoms with Gasteiger partial charge in [0, 0.05) is 48.7 Å². The summed E-state index contributed by atoms with van der Waals surface area (Å²) >= 11 is 0. The van der Waals surface area contributed by atoms with Crippen LogP contribution in [0.5, 0.6) is 5.75 Å². The van der Waals surface area contributed by atoms with Gasteiger partial charge in [0.15, 0.2) is 11.9 Å². The van der Waals surface area contributed by atoms with Gasteiger partial charge in [0.25, 0.3) is 0 Å². The van der Waals surface area contributed by atoms with E-state index in [4.69, 9.17) is 14.8 Å². The zero-order valence-corrected chi connectivity index (χ0v) is 28.6. The largest absolute Gasteiger partial charge is 0.488 e. The number of fused-ring (bicyclic) bond motifs is 1. The van der Waals surface area contributed by atoms with E-state index in [-0.39, 0.29) is 54.7 Å². The Hall–Kier alpha value is -3.49. The van der Waals surface area contributed by atoms with Gasteiger partial charge < -0.3 is 25.0 Å². The number of hydrogen-bond donors (Lipinski definition) is 3. The summed E-state index contributed by atoms with van der Waals surface area (Å²) < 4.78 is 91.8. The molecule has 3 N–H and O–H groups in total. The molecule has 0 bridgehead atoms. The first-order valence-corrected chi connectivity index (χ1v) is 17.5. The van der Waals surface area contributed by atoms with E-state index in [9.17, 15) is 32.2 Å². The first kappa shape index (κ1) is 37.3. The number of piperidine rings is 1. The molecular formula is C37H44F6N4O4. The molecule has 0 spiro atoms. The Morgan fingerprint density at radius 2 is 1.59 bits per heavy atom. The van der Waals surface area contributed by atoms with E-state index in [1.807, 2.05) is 18.7 Å². The van der Waals surface area contributed by atoms with E-state index in [0.29, 0.717) is 73.0 Å². The van der Waals surface area contributed by atoms with Crippen molar-refractivity contribution >= 4 is 5.95 Å². The molecule has 51 heavy (non-hydrogen) atoms. The van der Waals surface area contributed by atoms with Gasteiger partial charge in [-0.05, 0) is 73.1 Å². The summed E-state index contributed by atoms with van der Waals surface area (Å²) in [6.07, 6.45) is -4.33. The monoisotopic (exact) mass is 722 g/mol. The molecule has 0 radical (unpaired) electrons. The van der Waals surface area contributed by atoms with Crippen molar-refractivity contribution in [2.75, 3.05) is 31.2 Å². The molecule has 6 rings (SSSR count). The van der Waals surface area contributed by atoms with Crippen molar-refractivity contribution in [3.63, 3.8) is 0 Å². The molecule has 3 atom stereocenters. The summed E-state index contributed by atoms with van der Waals surface area (Å²) in [5, 5.41) is 30.1. The SMILES string of the molecule is CC1(C)Cc2nc(C3CCN(c4ncc(OC[C@@H](O)CO)cn4)CC3)c(C(F)c3ccc(C(F)(F)F)cc3)c(C3CCC(F)(F)CC3)c2[C@@H](O)C1. The normalized spacial score (nSPS) is 22.3. The minimum Gasteiger partial charge on any atom is -0.488 e. The number of ether oxygens (including phenoxy) is 1.